The largest absolute Gasteiger partial charge is 0.424 e. The van der Waals surface area contributed by atoms with E-state index < -0.39 is 11.9 Å². The van der Waals surface area contributed by atoms with E-state index in [4.69, 9.17) is 15.9 Å². The molecule has 2 heterocycles. The molecule has 0 fully saturated rings. The Kier molecular flexibility index (Phi) is 3.65. The van der Waals surface area contributed by atoms with E-state index in [9.17, 15) is 4.79 Å². The van der Waals surface area contributed by atoms with Gasteiger partial charge in [-0.3, -0.25) is 4.79 Å². The summed E-state index contributed by atoms with van der Waals surface area (Å²) in [5.74, 6) is 0.0943. The molecule has 0 aliphatic heterocycles. The lowest BCUT2D eigenvalue weighted by Gasteiger charge is -2.13. The summed E-state index contributed by atoms with van der Waals surface area (Å²) in [5.41, 5.74) is 14.9. The van der Waals surface area contributed by atoms with Crippen LogP contribution in [0, 0.1) is 0 Å². The average Bonchev–Trinajstić information content (AvgIpc) is 3.00. The highest BCUT2D eigenvalue weighted by atomic mass is 16.4. The van der Waals surface area contributed by atoms with E-state index in [0.717, 1.165) is 22.0 Å². The van der Waals surface area contributed by atoms with Crippen LogP contribution in [0.2, 0.25) is 0 Å². The van der Waals surface area contributed by atoms with Crippen LogP contribution in [0.25, 0.3) is 33.1 Å². The normalized spacial score (nSPS) is 12.3. The zero-order valence-electron chi connectivity index (χ0n) is 13.9. The van der Waals surface area contributed by atoms with Gasteiger partial charge in [-0.2, -0.15) is 4.98 Å². The number of primary amides is 1. The van der Waals surface area contributed by atoms with Gasteiger partial charge in [-0.25, -0.2) is 9.97 Å². The standard InChI is InChI=1S/C18H16N6O2/c1-9(16(19)25)23-17-12-6-10(2-4-13(12)21-8-22-17)11-3-5-15-14(7-11)24-18(20)26-15/h2-9H,1H3,(H2,19,25)(H2,20,24)(H,21,22,23)/t9-/m0/s1. The summed E-state index contributed by atoms with van der Waals surface area (Å²) in [6.45, 7) is 1.68. The molecule has 0 radical (unpaired) electrons. The van der Waals surface area contributed by atoms with Gasteiger partial charge in [-0.1, -0.05) is 12.1 Å². The van der Waals surface area contributed by atoms with Crippen LogP contribution in [0.4, 0.5) is 11.8 Å². The molecule has 0 spiro atoms. The molecule has 0 aliphatic rings. The molecule has 8 heteroatoms. The molecule has 4 rings (SSSR count). The van der Waals surface area contributed by atoms with Gasteiger partial charge in [-0.05, 0) is 42.3 Å². The Bertz CT molecular complexity index is 1140. The number of hydrogen-bond donors (Lipinski definition) is 3. The first-order valence-electron chi connectivity index (χ1n) is 7.98. The number of benzene rings is 2. The van der Waals surface area contributed by atoms with Crippen LogP contribution in [0.3, 0.4) is 0 Å². The third-order valence-corrected chi connectivity index (χ3v) is 4.15. The summed E-state index contributed by atoms with van der Waals surface area (Å²) in [5, 5.41) is 3.82. The third-order valence-electron chi connectivity index (χ3n) is 4.15. The number of carbonyl (C=O) groups excluding carboxylic acids is 1. The van der Waals surface area contributed by atoms with Crippen LogP contribution in [0.1, 0.15) is 6.92 Å². The molecule has 1 amide bonds. The van der Waals surface area contributed by atoms with E-state index in [1.165, 1.54) is 6.33 Å². The van der Waals surface area contributed by atoms with Crippen molar-refractivity contribution in [2.45, 2.75) is 13.0 Å². The lowest BCUT2D eigenvalue weighted by atomic mass is 10.0. The maximum Gasteiger partial charge on any atom is 0.292 e. The van der Waals surface area contributed by atoms with Crippen LogP contribution in [-0.4, -0.2) is 26.9 Å². The number of nitrogen functional groups attached to an aromatic ring is 1. The maximum atomic E-state index is 11.3. The van der Waals surface area contributed by atoms with Crippen molar-refractivity contribution < 1.29 is 9.21 Å². The molecule has 2 aromatic heterocycles. The molecule has 4 aromatic rings. The van der Waals surface area contributed by atoms with E-state index in [1.807, 2.05) is 36.4 Å². The van der Waals surface area contributed by atoms with Gasteiger partial charge in [0.25, 0.3) is 6.01 Å². The number of hydrogen-bond acceptors (Lipinski definition) is 7. The summed E-state index contributed by atoms with van der Waals surface area (Å²) in [6.07, 6.45) is 1.45. The highest BCUT2D eigenvalue weighted by Gasteiger charge is 2.13. The van der Waals surface area contributed by atoms with Crippen LogP contribution in [0.15, 0.2) is 47.1 Å². The number of anilines is 2. The van der Waals surface area contributed by atoms with Crippen molar-refractivity contribution in [1.29, 1.82) is 0 Å². The minimum Gasteiger partial charge on any atom is -0.424 e. The van der Waals surface area contributed by atoms with Gasteiger partial charge in [0.15, 0.2) is 5.58 Å². The molecular formula is C18H16N6O2. The molecule has 1 atom stereocenters. The number of carbonyl (C=O) groups is 1. The van der Waals surface area contributed by atoms with Gasteiger partial charge in [0.1, 0.15) is 23.7 Å². The lowest BCUT2D eigenvalue weighted by molar-refractivity contribution is -0.118. The Hall–Kier alpha value is -3.68. The molecule has 130 valence electrons. The van der Waals surface area contributed by atoms with Crippen LogP contribution < -0.4 is 16.8 Å². The quantitative estimate of drug-likeness (QED) is 0.515. The molecule has 26 heavy (non-hydrogen) atoms. The highest BCUT2D eigenvalue weighted by Crippen LogP contribution is 2.29. The second-order valence-electron chi connectivity index (χ2n) is 5.96. The van der Waals surface area contributed by atoms with Gasteiger partial charge >= 0.3 is 0 Å². The molecular weight excluding hydrogens is 332 g/mol. The monoisotopic (exact) mass is 348 g/mol. The Morgan fingerprint density at radius 1 is 1.12 bits per heavy atom. The molecule has 0 aliphatic carbocycles. The maximum absolute atomic E-state index is 11.3. The number of nitrogens with zero attached hydrogens (tertiary/aromatic N) is 3. The van der Waals surface area contributed by atoms with Crippen molar-refractivity contribution in [2.75, 3.05) is 11.1 Å². The Morgan fingerprint density at radius 3 is 2.69 bits per heavy atom. The first-order valence-corrected chi connectivity index (χ1v) is 7.98. The second-order valence-corrected chi connectivity index (χ2v) is 5.96. The molecule has 2 aromatic carbocycles. The average molecular weight is 348 g/mol. The van der Waals surface area contributed by atoms with Crippen molar-refractivity contribution in [3.63, 3.8) is 0 Å². The summed E-state index contributed by atoms with van der Waals surface area (Å²) in [7, 11) is 0. The zero-order valence-corrected chi connectivity index (χ0v) is 13.9. The highest BCUT2D eigenvalue weighted by molar-refractivity contribution is 5.95. The van der Waals surface area contributed by atoms with Crippen molar-refractivity contribution in [1.82, 2.24) is 15.0 Å². The molecule has 0 unspecified atom stereocenters. The Morgan fingerprint density at radius 2 is 1.88 bits per heavy atom. The van der Waals surface area contributed by atoms with Gasteiger partial charge in [0.2, 0.25) is 5.91 Å². The van der Waals surface area contributed by atoms with Crippen LogP contribution in [-0.2, 0) is 4.79 Å². The fraction of sp³-hybridized carbons (Fsp3) is 0.111. The van der Waals surface area contributed by atoms with Crippen molar-refractivity contribution >= 4 is 39.7 Å². The molecule has 0 bridgehead atoms. The SMILES string of the molecule is C[C@H](Nc1ncnc2ccc(-c3ccc4oc(N)nc4c3)cc12)C(N)=O. The number of oxazole rings is 1. The lowest BCUT2D eigenvalue weighted by Crippen LogP contribution is -2.32. The number of rotatable bonds is 4. The van der Waals surface area contributed by atoms with E-state index in [-0.39, 0.29) is 6.01 Å². The van der Waals surface area contributed by atoms with Gasteiger partial charge in [0.05, 0.1) is 5.52 Å². The van der Waals surface area contributed by atoms with E-state index in [0.29, 0.717) is 16.9 Å². The Labute approximate surface area is 148 Å². The summed E-state index contributed by atoms with van der Waals surface area (Å²) in [6, 6.07) is 11.1. The predicted molar refractivity (Wildman–Crippen MR) is 99.2 cm³/mol. The van der Waals surface area contributed by atoms with Gasteiger partial charge in [-0.15, -0.1) is 0 Å². The molecule has 0 saturated carbocycles. The summed E-state index contributed by atoms with van der Waals surface area (Å²) < 4.78 is 5.31. The summed E-state index contributed by atoms with van der Waals surface area (Å²) >= 11 is 0. The van der Waals surface area contributed by atoms with Crippen molar-refractivity contribution in [3.05, 3.63) is 42.7 Å². The van der Waals surface area contributed by atoms with Crippen molar-refractivity contribution in [3.8, 4) is 11.1 Å². The minimum absolute atomic E-state index is 0.135. The fourth-order valence-corrected chi connectivity index (χ4v) is 2.75. The number of nitrogens with two attached hydrogens (primary N) is 2. The fourth-order valence-electron chi connectivity index (χ4n) is 2.75. The van der Waals surface area contributed by atoms with E-state index in [1.54, 1.807) is 6.92 Å². The Balaban J connectivity index is 1.81. The van der Waals surface area contributed by atoms with E-state index >= 15 is 0 Å². The second kappa shape index (κ2) is 5.99. The topological polar surface area (TPSA) is 133 Å². The molecule has 8 nitrogen and oxygen atoms in total. The molecule has 5 N–H and O–H groups in total. The summed E-state index contributed by atoms with van der Waals surface area (Å²) in [4.78, 5) is 24.0. The number of fused-ring (bicyclic) bond motifs is 2. The first kappa shape index (κ1) is 15.8. The van der Waals surface area contributed by atoms with Crippen LogP contribution in [0.5, 0.6) is 0 Å². The zero-order chi connectivity index (χ0) is 18.3. The van der Waals surface area contributed by atoms with E-state index in [2.05, 4.69) is 20.3 Å². The van der Waals surface area contributed by atoms with Crippen molar-refractivity contribution in [2.24, 2.45) is 5.73 Å². The predicted octanol–water partition coefficient (Wildman–Crippen LogP) is 2.31. The van der Waals surface area contributed by atoms with Gasteiger partial charge < -0.3 is 21.2 Å². The molecule has 0 saturated heterocycles. The number of amides is 1. The minimum atomic E-state index is -0.550. The number of nitrogens with one attached hydrogen (secondary N) is 1. The smallest absolute Gasteiger partial charge is 0.292 e. The first-order chi connectivity index (χ1) is 12.5. The number of aromatic nitrogens is 3. The van der Waals surface area contributed by atoms with Gasteiger partial charge in [0, 0.05) is 5.39 Å². The third kappa shape index (κ3) is 2.77. The van der Waals surface area contributed by atoms with Crippen LogP contribution >= 0.6 is 0 Å².